The molecule has 0 rings (SSSR count). The molecule has 6 heteroatoms. The zero-order chi connectivity index (χ0) is 59.9. The van der Waals surface area contributed by atoms with Crippen molar-refractivity contribution < 1.29 is 28.6 Å². The van der Waals surface area contributed by atoms with E-state index in [0.717, 1.165) is 161 Å². The van der Waals surface area contributed by atoms with E-state index in [1.807, 2.05) is 0 Å². The summed E-state index contributed by atoms with van der Waals surface area (Å²) in [6.07, 6.45) is 99.1. The van der Waals surface area contributed by atoms with E-state index in [1.165, 1.54) is 116 Å². The van der Waals surface area contributed by atoms with Crippen LogP contribution in [-0.4, -0.2) is 37.2 Å². The fraction of sp³-hybridized carbons (Fsp3) is 0.675. The van der Waals surface area contributed by atoms with E-state index < -0.39 is 6.10 Å². The fourth-order valence-corrected chi connectivity index (χ4v) is 9.50. The molecule has 0 bridgehead atoms. The van der Waals surface area contributed by atoms with Crippen molar-refractivity contribution >= 4 is 17.9 Å². The normalized spacial score (nSPS) is 13.0. The molecule has 0 aliphatic rings. The molecule has 0 heterocycles. The molecule has 0 aromatic carbocycles. The molecular formula is C77H128O6. The molecule has 0 radical (unpaired) electrons. The lowest BCUT2D eigenvalue weighted by atomic mass is 10.0. The smallest absolute Gasteiger partial charge is 0.306 e. The zero-order valence-corrected chi connectivity index (χ0v) is 54.2. The molecule has 0 amide bonds. The highest BCUT2D eigenvalue weighted by Gasteiger charge is 2.19. The van der Waals surface area contributed by atoms with Gasteiger partial charge in [0.1, 0.15) is 13.2 Å². The van der Waals surface area contributed by atoms with Gasteiger partial charge in [-0.2, -0.15) is 0 Å². The van der Waals surface area contributed by atoms with Gasteiger partial charge >= 0.3 is 17.9 Å². The second-order valence-electron chi connectivity index (χ2n) is 22.7. The van der Waals surface area contributed by atoms with Crippen LogP contribution in [0.15, 0.2) is 134 Å². The molecule has 0 aliphatic heterocycles. The van der Waals surface area contributed by atoms with Crippen LogP contribution in [-0.2, 0) is 28.6 Å². The minimum atomic E-state index is -0.795. The molecule has 6 nitrogen and oxygen atoms in total. The summed E-state index contributed by atoms with van der Waals surface area (Å²) < 4.78 is 16.9. The third kappa shape index (κ3) is 68.2. The number of unbranched alkanes of at least 4 members (excludes halogenated alkanes) is 29. The number of allylic oxidation sites excluding steroid dienone is 22. The average molecular weight is 1150 g/mol. The van der Waals surface area contributed by atoms with Gasteiger partial charge in [-0.25, -0.2) is 0 Å². The maximum atomic E-state index is 12.9. The van der Waals surface area contributed by atoms with Crippen LogP contribution in [0.1, 0.15) is 316 Å². The van der Waals surface area contributed by atoms with Gasteiger partial charge in [-0.1, -0.05) is 302 Å². The van der Waals surface area contributed by atoms with Gasteiger partial charge in [0.2, 0.25) is 0 Å². The van der Waals surface area contributed by atoms with E-state index >= 15 is 0 Å². The fourth-order valence-electron chi connectivity index (χ4n) is 9.50. The topological polar surface area (TPSA) is 78.9 Å². The quantitative estimate of drug-likeness (QED) is 0.0261. The summed E-state index contributed by atoms with van der Waals surface area (Å²) in [6.45, 7) is 6.35. The summed E-state index contributed by atoms with van der Waals surface area (Å²) in [4.78, 5) is 38.4. The second-order valence-corrected chi connectivity index (χ2v) is 22.7. The minimum Gasteiger partial charge on any atom is -0.462 e. The third-order valence-corrected chi connectivity index (χ3v) is 14.6. The number of hydrogen-bond donors (Lipinski definition) is 0. The molecular weight excluding hydrogens is 1020 g/mol. The monoisotopic (exact) mass is 1150 g/mol. The Morgan fingerprint density at radius 3 is 0.735 bits per heavy atom. The molecule has 83 heavy (non-hydrogen) atoms. The molecule has 0 spiro atoms. The van der Waals surface area contributed by atoms with Gasteiger partial charge in [-0.15, -0.1) is 0 Å². The number of hydrogen-bond acceptors (Lipinski definition) is 6. The van der Waals surface area contributed by atoms with Gasteiger partial charge in [0, 0.05) is 19.3 Å². The number of esters is 3. The SMILES string of the molecule is CC/C=C\C/C=C\C/C=C\C/C=C\C/C=C\CCCCCCCCCCCCCCCCCCCC(=O)OCC(COC(=O)CCCCCCC/C=C\C/C=C\CCC)OC(=O)CCCCCCCC/C=C\C/C=C\C/C=C\C/C=C\CC. The van der Waals surface area contributed by atoms with Gasteiger partial charge in [0.25, 0.3) is 0 Å². The van der Waals surface area contributed by atoms with Crippen LogP contribution in [0, 0.1) is 0 Å². The summed E-state index contributed by atoms with van der Waals surface area (Å²) in [7, 11) is 0. The first kappa shape index (κ1) is 78.5. The van der Waals surface area contributed by atoms with Gasteiger partial charge < -0.3 is 14.2 Å². The van der Waals surface area contributed by atoms with Crippen molar-refractivity contribution in [1.82, 2.24) is 0 Å². The Hall–Kier alpha value is -4.45. The van der Waals surface area contributed by atoms with Crippen molar-refractivity contribution in [2.75, 3.05) is 13.2 Å². The van der Waals surface area contributed by atoms with E-state index in [2.05, 4.69) is 154 Å². The van der Waals surface area contributed by atoms with Gasteiger partial charge in [-0.3, -0.25) is 14.4 Å². The Labute approximate surface area is 513 Å². The highest BCUT2D eigenvalue weighted by molar-refractivity contribution is 5.71. The summed E-state index contributed by atoms with van der Waals surface area (Å²) in [5.74, 6) is -0.910. The molecule has 1 atom stereocenters. The van der Waals surface area contributed by atoms with Gasteiger partial charge in [0.15, 0.2) is 6.10 Å². The minimum absolute atomic E-state index is 0.0892. The molecule has 1 unspecified atom stereocenters. The Morgan fingerprint density at radius 2 is 0.470 bits per heavy atom. The van der Waals surface area contributed by atoms with E-state index in [4.69, 9.17) is 14.2 Å². The van der Waals surface area contributed by atoms with Gasteiger partial charge in [-0.05, 0) is 128 Å². The first-order chi connectivity index (χ1) is 41.0. The van der Waals surface area contributed by atoms with Crippen LogP contribution < -0.4 is 0 Å². The van der Waals surface area contributed by atoms with E-state index in [9.17, 15) is 14.4 Å². The van der Waals surface area contributed by atoms with Crippen LogP contribution in [0.25, 0.3) is 0 Å². The van der Waals surface area contributed by atoms with Crippen molar-refractivity contribution in [2.24, 2.45) is 0 Å². The molecule has 0 aliphatic carbocycles. The average Bonchev–Trinajstić information content (AvgIpc) is 3.49. The van der Waals surface area contributed by atoms with E-state index in [-0.39, 0.29) is 31.1 Å². The van der Waals surface area contributed by atoms with Crippen LogP contribution in [0.4, 0.5) is 0 Å². The first-order valence-corrected chi connectivity index (χ1v) is 34.7. The maximum absolute atomic E-state index is 12.9. The highest BCUT2D eigenvalue weighted by atomic mass is 16.6. The number of rotatable bonds is 62. The largest absolute Gasteiger partial charge is 0.462 e. The summed E-state index contributed by atoms with van der Waals surface area (Å²) >= 11 is 0. The van der Waals surface area contributed by atoms with Crippen molar-refractivity contribution in [3.05, 3.63) is 134 Å². The van der Waals surface area contributed by atoms with Crippen LogP contribution >= 0.6 is 0 Å². The van der Waals surface area contributed by atoms with Crippen LogP contribution in [0.5, 0.6) is 0 Å². The Bertz CT molecular complexity index is 1750. The summed E-state index contributed by atoms with van der Waals surface area (Å²) in [5, 5.41) is 0. The van der Waals surface area contributed by atoms with E-state index in [1.54, 1.807) is 0 Å². The summed E-state index contributed by atoms with van der Waals surface area (Å²) in [5.41, 5.74) is 0. The molecule has 0 aromatic rings. The van der Waals surface area contributed by atoms with Crippen LogP contribution in [0.2, 0.25) is 0 Å². The first-order valence-electron chi connectivity index (χ1n) is 34.7. The zero-order valence-electron chi connectivity index (χ0n) is 54.2. The van der Waals surface area contributed by atoms with E-state index in [0.29, 0.717) is 19.3 Å². The molecule has 472 valence electrons. The van der Waals surface area contributed by atoms with Crippen molar-refractivity contribution in [3.8, 4) is 0 Å². The number of carbonyl (C=O) groups is 3. The predicted molar refractivity (Wildman–Crippen MR) is 362 cm³/mol. The lowest BCUT2D eigenvalue weighted by molar-refractivity contribution is -0.167. The van der Waals surface area contributed by atoms with Crippen molar-refractivity contribution in [2.45, 2.75) is 322 Å². The highest BCUT2D eigenvalue weighted by Crippen LogP contribution is 2.17. The second kappa shape index (κ2) is 70.0. The Kier molecular flexibility index (Phi) is 66.3. The molecule has 0 saturated carbocycles. The lowest BCUT2D eigenvalue weighted by Gasteiger charge is -2.18. The molecule has 0 aromatic heterocycles. The lowest BCUT2D eigenvalue weighted by Crippen LogP contribution is -2.30. The number of ether oxygens (including phenoxy) is 3. The maximum Gasteiger partial charge on any atom is 0.306 e. The summed E-state index contributed by atoms with van der Waals surface area (Å²) in [6, 6.07) is 0. The Balaban J connectivity index is 4.23. The third-order valence-electron chi connectivity index (χ3n) is 14.6. The van der Waals surface area contributed by atoms with Crippen LogP contribution in [0.3, 0.4) is 0 Å². The number of carbonyl (C=O) groups excluding carboxylic acids is 3. The standard InChI is InChI=1S/C77H128O6/c1-4-7-10-13-16-19-22-25-27-29-31-32-33-34-35-36-37-38-39-40-41-42-43-44-46-47-49-52-55-58-61-64-67-70-76(79)82-73-74(72-81-75(78)69-66-63-60-57-54-51-24-21-18-15-12-9-6-3)83-77(80)71-68-65-62-59-56-53-50-48-45-30-28-26-23-20-17-14-11-8-5-2/h7-8,10-12,15-17,19-21,24-28,31-32,34-35,45,48,74H,4-6,9,13-14,18,22-23,29-30,33,36-44,46-47,49-73H2,1-3H3/b10-7-,11-8-,15-12-,19-16-,20-17-,24-21-,27-25-,28-26-,32-31-,35-34-,48-45-. The molecule has 0 N–H and O–H groups in total. The molecule has 0 fully saturated rings. The Morgan fingerprint density at radius 1 is 0.253 bits per heavy atom. The van der Waals surface area contributed by atoms with Crippen molar-refractivity contribution in [3.63, 3.8) is 0 Å². The van der Waals surface area contributed by atoms with Gasteiger partial charge in [0.05, 0.1) is 0 Å². The molecule has 0 saturated heterocycles. The van der Waals surface area contributed by atoms with Crippen molar-refractivity contribution in [1.29, 1.82) is 0 Å². The predicted octanol–water partition coefficient (Wildman–Crippen LogP) is 24.1.